The number of nitrogens with two attached hydrogens (primary N) is 1. The molecule has 1 amide bonds. The van der Waals surface area contributed by atoms with Gasteiger partial charge < -0.3 is 16.4 Å². The second kappa shape index (κ2) is 8.65. The Labute approximate surface area is 140 Å². The summed E-state index contributed by atoms with van der Waals surface area (Å²) in [7, 11) is -3.52. The molecule has 0 saturated heterocycles. The van der Waals surface area contributed by atoms with Crippen molar-refractivity contribution < 1.29 is 18.1 Å². The van der Waals surface area contributed by atoms with E-state index in [2.05, 4.69) is 10.6 Å². The minimum absolute atomic E-state index is 0. The maximum Gasteiger partial charge on any atom is 0.293 e. The number of hydrogen-bond acceptors (Lipinski definition) is 7. The average molecular weight is 367 g/mol. The lowest BCUT2D eigenvalue weighted by molar-refractivity contribution is -0.384. The Morgan fingerprint density at radius 1 is 1.39 bits per heavy atom. The van der Waals surface area contributed by atoms with Crippen molar-refractivity contribution in [1.82, 2.24) is 5.32 Å². The number of nitro benzene ring substituents is 1. The Bertz CT molecular complexity index is 678. The monoisotopic (exact) mass is 366 g/mol. The SMILES string of the molecule is C[C@@H](N)C(=O)NCCNc1ccc(S(C)(=O)=O)cc1[N+](=O)[O-].Cl. The van der Waals surface area contributed by atoms with Crippen molar-refractivity contribution >= 4 is 39.5 Å². The molecule has 1 atom stereocenters. The van der Waals surface area contributed by atoms with Gasteiger partial charge in [-0.3, -0.25) is 14.9 Å². The zero-order valence-corrected chi connectivity index (χ0v) is 14.2. The molecule has 0 aliphatic carbocycles. The maximum absolute atomic E-state index is 11.4. The summed E-state index contributed by atoms with van der Waals surface area (Å²) >= 11 is 0. The van der Waals surface area contributed by atoms with E-state index >= 15 is 0 Å². The lowest BCUT2D eigenvalue weighted by atomic mass is 10.2. The minimum Gasteiger partial charge on any atom is -0.378 e. The number of amides is 1. The quantitative estimate of drug-likeness (QED) is 0.357. The summed E-state index contributed by atoms with van der Waals surface area (Å²) in [4.78, 5) is 21.5. The molecule has 1 rings (SSSR count). The van der Waals surface area contributed by atoms with Gasteiger partial charge in [0.1, 0.15) is 5.69 Å². The molecule has 0 fully saturated rings. The summed E-state index contributed by atoms with van der Waals surface area (Å²) < 4.78 is 22.8. The van der Waals surface area contributed by atoms with Gasteiger partial charge in [0.25, 0.3) is 5.69 Å². The smallest absolute Gasteiger partial charge is 0.293 e. The zero-order chi connectivity index (χ0) is 16.9. The van der Waals surface area contributed by atoms with Gasteiger partial charge in [0.2, 0.25) is 5.91 Å². The third-order valence-electron chi connectivity index (χ3n) is 2.75. The Kier molecular flexibility index (Phi) is 7.93. The van der Waals surface area contributed by atoms with E-state index in [9.17, 15) is 23.3 Å². The Hall–Kier alpha value is -1.91. The number of rotatable bonds is 7. The third-order valence-corrected chi connectivity index (χ3v) is 3.86. The first-order chi connectivity index (χ1) is 10.1. The van der Waals surface area contributed by atoms with Crippen molar-refractivity contribution in [3.8, 4) is 0 Å². The summed E-state index contributed by atoms with van der Waals surface area (Å²) in [6.45, 7) is 2.00. The fourth-order valence-electron chi connectivity index (χ4n) is 1.59. The lowest BCUT2D eigenvalue weighted by Crippen LogP contribution is -2.40. The van der Waals surface area contributed by atoms with E-state index in [1.807, 2.05) is 0 Å². The van der Waals surface area contributed by atoms with Crippen LogP contribution in [0.3, 0.4) is 0 Å². The highest BCUT2D eigenvalue weighted by Gasteiger charge is 2.18. The molecule has 0 aliphatic heterocycles. The molecular formula is C12H19ClN4O5S. The first-order valence-electron chi connectivity index (χ1n) is 6.38. The maximum atomic E-state index is 11.4. The fraction of sp³-hybridized carbons (Fsp3) is 0.417. The van der Waals surface area contributed by atoms with Crippen molar-refractivity contribution in [2.75, 3.05) is 24.7 Å². The topological polar surface area (TPSA) is 144 Å². The summed E-state index contributed by atoms with van der Waals surface area (Å²) in [6.07, 6.45) is 0.975. The van der Waals surface area contributed by atoms with Crippen molar-refractivity contribution in [2.24, 2.45) is 5.73 Å². The highest BCUT2D eigenvalue weighted by Crippen LogP contribution is 2.27. The van der Waals surface area contributed by atoms with Crippen LogP contribution in [0.5, 0.6) is 0 Å². The molecule has 130 valence electrons. The Morgan fingerprint density at radius 2 is 2.00 bits per heavy atom. The van der Waals surface area contributed by atoms with E-state index in [-0.39, 0.29) is 47.7 Å². The molecule has 0 radical (unpaired) electrons. The number of sulfone groups is 1. The van der Waals surface area contributed by atoms with Gasteiger partial charge in [0.05, 0.1) is 15.9 Å². The number of nitrogens with zero attached hydrogens (tertiary/aromatic N) is 1. The van der Waals surface area contributed by atoms with Crippen LogP contribution in [0.25, 0.3) is 0 Å². The molecule has 0 spiro atoms. The molecular weight excluding hydrogens is 348 g/mol. The number of nitrogens with one attached hydrogen (secondary N) is 2. The predicted octanol–water partition coefficient (Wildman–Crippen LogP) is 0.295. The van der Waals surface area contributed by atoms with Gasteiger partial charge in [-0.1, -0.05) is 0 Å². The van der Waals surface area contributed by atoms with Crippen molar-refractivity contribution in [3.63, 3.8) is 0 Å². The van der Waals surface area contributed by atoms with E-state index in [1.54, 1.807) is 0 Å². The highest BCUT2D eigenvalue weighted by molar-refractivity contribution is 7.90. The minimum atomic E-state index is -3.52. The number of carbonyl (C=O) groups excluding carboxylic acids is 1. The summed E-state index contributed by atoms with van der Waals surface area (Å²) in [5.41, 5.74) is 5.20. The second-order valence-electron chi connectivity index (χ2n) is 4.71. The third kappa shape index (κ3) is 6.38. The number of carbonyl (C=O) groups is 1. The summed E-state index contributed by atoms with van der Waals surface area (Å²) in [5.74, 6) is -0.330. The number of nitro groups is 1. The molecule has 1 aromatic rings. The van der Waals surface area contributed by atoms with E-state index in [1.165, 1.54) is 19.1 Å². The van der Waals surface area contributed by atoms with E-state index in [4.69, 9.17) is 5.73 Å². The van der Waals surface area contributed by atoms with Crippen LogP contribution in [0.4, 0.5) is 11.4 Å². The Morgan fingerprint density at radius 3 is 2.48 bits per heavy atom. The molecule has 0 aliphatic rings. The molecule has 0 bridgehead atoms. The fourth-order valence-corrected chi connectivity index (χ4v) is 2.23. The van der Waals surface area contributed by atoms with E-state index < -0.39 is 20.8 Å². The van der Waals surface area contributed by atoms with Gasteiger partial charge >= 0.3 is 0 Å². The molecule has 9 nitrogen and oxygen atoms in total. The van der Waals surface area contributed by atoms with Gasteiger partial charge in [0, 0.05) is 25.4 Å². The average Bonchev–Trinajstić information content (AvgIpc) is 2.41. The largest absolute Gasteiger partial charge is 0.378 e. The predicted molar refractivity (Wildman–Crippen MR) is 88.6 cm³/mol. The molecule has 0 saturated carbocycles. The standard InChI is InChI=1S/C12H18N4O5S.ClH/c1-8(13)12(17)15-6-5-14-10-4-3-9(22(2,20)21)7-11(10)16(18)19;/h3-4,7-8,14H,5-6,13H2,1-2H3,(H,15,17);1H/t8-;/m1./s1. The van der Waals surface area contributed by atoms with Gasteiger partial charge in [0.15, 0.2) is 9.84 Å². The number of anilines is 1. The first-order valence-corrected chi connectivity index (χ1v) is 8.27. The van der Waals surface area contributed by atoms with Crippen LogP contribution in [0.1, 0.15) is 6.92 Å². The molecule has 0 aromatic heterocycles. The molecule has 0 unspecified atom stereocenters. The highest BCUT2D eigenvalue weighted by atomic mass is 35.5. The Balaban J connectivity index is 0.00000484. The van der Waals surface area contributed by atoms with Crippen molar-refractivity contribution in [1.29, 1.82) is 0 Å². The van der Waals surface area contributed by atoms with Crippen LogP contribution >= 0.6 is 12.4 Å². The van der Waals surface area contributed by atoms with Crippen LogP contribution in [0, 0.1) is 10.1 Å². The molecule has 0 heterocycles. The molecule has 23 heavy (non-hydrogen) atoms. The number of halogens is 1. The molecule has 4 N–H and O–H groups in total. The number of benzene rings is 1. The second-order valence-corrected chi connectivity index (χ2v) is 6.73. The number of hydrogen-bond donors (Lipinski definition) is 3. The van der Waals surface area contributed by atoms with Crippen LogP contribution in [-0.4, -0.2) is 44.6 Å². The van der Waals surface area contributed by atoms with Crippen LogP contribution < -0.4 is 16.4 Å². The first kappa shape index (κ1) is 21.1. The van der Waals surface area contributed by atoms with Crippen molar-refractivity contribution in [3.05, 3.63) is 28.3 Å². The van der Waals surface area contributed by atoms with Crippen molar-refractivity contribution in [2.45, 2.75) is 17.9 Å². The van der Waals surface area contributed by atoms with E-state index in [0.29, 0.717) is 0 Å². The molecule has 1 aromatic carbocycles. The summed E-state index contributed by atoms with van der Waals surface area (Å²) in [5, 5.41) is 16.3. The normalized spacial score (nSPS) is 12.0. The van der Waals surface area contributed by atoms with Gasteiger partial charge in [-0.05, 0) is 19.1 Å². The van der Waals surface area contributed by atoms with Crippen LogP contribution in [0.15, 0.2) is 23.1 Å². The van der Waals surface area contributed by atoms with Crippen LogP contribution in [0.2, 0.25) is 0 Å². The van der Waals surface area contributed by atoms with Gasteiger partial charge in [-0.15, -0.1) is 12.4 Å². The van der Waals surface area contributed by atoms with Crippen LogP contribution in [-0.2, 0) is 14.6 Å². The zero-order valence-electron chi connectivity index (χ0n) is 12.6. The lowest BCUT2D eigenvalue weighted by Gasteiger charge is -2.10. The summed E-state index contributed by atoms with van der Waals surface area (Å²) in [6, 6.07) is 2.97. The van der Waals surface area contributed by atoms with Gasteiger partial charge in [-0.2, -0.15) is 0 Å². The van der Waals surface area contributed by atoms with Gasteiger partial charge in [-0.25, -0.2) is 8.42 Å². The molecule has 11 heteroatoms. The van der Waals surface area contributed by atoms with E-state index in [0.717, 1.165) is 12.3 Å².